The van der Waals surface area contributed by atoms with E-state index in [1.54, 1.807) is 0 Å². The zero-order valence-corrected chi connectivity index (χ0v) is 17.7. The van der Waals surface area contributed by atoms with Crippen LogP contribution in [0, 0.1) is 0 Å². The summed E-state index contributed by atoms with van der Waals surface area (Å²) >= 11 is 0. The molecular formula is C23H28N6O. The van der Waals surface area contributed by atoms with Crippen LogP contribution < -0.4 is 5.32 Å². The predicted molar refractivity (Wildman–Crippen MR) is 117 cm³/mol. The van der Waals surface area contributed by atoms with Crippen molar-refractivity contribution in [3.63, 3.8) is 0 Å². The molecule has 3 aromatic rings. The SMILES string of the molecule is CCN(Cc1ccc(C(=O)Nc2ccc(-c3nnnn3C3CC3)cc2)cc1)C(C)C. The molecule has 1 aromatic heterocycles. The molecule has 1 saturated carbocycles. The van der Waals surface area contributed by atoms with E-state index in [1.807, 2.05) is 53.2 Å². The maximum absolute atomic E-state index is 12.6. The number of carbonyl (C=O) groups is 1. The van der Waals surface area contributed by atoms with E-state index >= 15 is 0 Å². The number of carbonyl (C=O) groups excluding carboxylic acids is 1. The summed E-state index contributed by atoms with van der Waals surface area (Å²) in [5, 5.41) is 15.0. The predicted octanol–water partition coefficient (Wildman–Crippen LogP) is 4.16. The number of nitrogens with zero attached hydrogens (tertiary/aromatic N) is 5. The molecule has 4 rings (SSSR count). The molecule has 1 N–H and O–H groups in total. The maximum atomic E-state index is 12.6. The van der Waals surface area contributed by atoms with Crippen molar-refractivity contribution in [2.75, 3.05) is 11.9 Å². The van der Waals surface area contributed by atoms with Gasteiger partial charge in [0.1, 0.15) is 0 Å². The Morgan fingerprint density at radius 1 is 1.13 bits per heavy atom. The monoisotopic (exact) mass is 404 g/mol. The molecule has 0 aliphatic heterocycles. The molecule has 0 atom stereocenters. The highest BCUT2D eigenvalue weighted by molar-refractivity contribution is 6.04. The van der Waals surface area contributed by atoms with Crippen molar-refractivity contribution in [3.05, 3.63) is 59.7 Å². The van der Waals surface area contributed by atoms with Crippen molar-refractivity contribution in [3.8, 4) is 11.4 Å². The van der Waals surface area contributed by atoms with Gasteiger partial charge in [-0.15, -0.1) is 5.10 Å². The summed E-state index contributed by atoms with van der Waals surface area (Å²) in [6.45, 7) is 8.45. The Bertz CT molecular complexity index is 989. The lowest BCUT2D eigenvalue weighted by molar-refractivity contribution is 0.102. The van der Waals surface area contributed by atoms with Gasteiger partial charge in [-0.3, -0.25) is 9.69 Å². The van der Waals surface area contributed by atoms with Gasteiger partial charge < -0.3 is 5.32 Å². The minimum Gasteiger partial charge on any atom is -0.322 e. The molecule has 2 aromatic carbocycles. The van der Waals surface area contributed by atoms with Gasteiger partial charge in [0.2, 0.25) is 0 Å². The molecule has 156 valence electrons. The second-order valence-electron chi connectivity index (χ2n) is 8.06. The van der Waals surface area contributed by atoms with Gasteiger partial charge in [0.25, 0.3) is 5.91 Å². The fourth-order valence-corrected chi connectivity index (χ4v) is 3.51. The van der Waals surface area contributed by atoms with Crippen molar-refractivity contribution in [2.24, 2.45) is 0 Å². The summed E-state index contributed by atoms with van der Waals surface area (Å²) in [5.74, 6) is 0.654. The molecule has 1 fully saturated rings. The molecular weight excluding hydrogens is 376 g/mol. The largest absolute Gasteiger partial charge is 0.322 e. The van der Waals surface area contributed by atoms with E-state index in [0.717, 1.165) is 43.0 Å². The fraction of sp³-hybridized carbons (Fsp3) is 0.391. The third-order valence-corrected chi connectivity index (χ3v) is 5.52. The fourth-order valence-electron chi connectivity index (χ4n) is 3.51. The van der Waals surface area contributed by atoms with Gasteiger partial charge in [0, 0.05) is 29.4 Å². The van der Waals surface area contributed by atoms with Crippen LogP contribution in [-0.2, 0) is 6.54 Å². The topological polar surface area (TPSA) is 75.9 Å². The van der Waals surface area contributed by atoms with Crippen LogP contribution in [0.25, 0.3) is 11.4 Å². The normalized spacial score (nSPS) is 13.8. The van der Waals surface area contributed by atoms with Gasteiger partial charge in [-0.05, 0) is 85.6 Å². The number of hydrogen-bond acceptors (Lipinski definition) is 5. The molecule has 30 heavy (non-hydrogen) atoms. The van der Waals surface area contributed by atoms with Crippen molar-refractivity contribution < 1.29 is 4.79 Å². The summed E-state index contributed by atoms with van der Waals surface area (Å²) in [4.78, 5) is 15.0. The zero-order valence-electron chi connectivity index (χ0n) is 17.7. The van der Waals surface area contributed by atoms with Crippen LogP contribution in [0.15, 0.2) is 48.5 Å². The van der Waals surface area contributed by atoms with Crippen LogP contribution in [0.1, 0.15) is 55.6 Å². The number of anilines is 1. The second kappa shape index (κ2) is 8.75. The van der Waals surface area contributed by atoms with Gasteiger partial charge >= 0.3 is 0 Å². The molecule has 1 heterocycles. The third-order valence-electron chi connectivity index (χ3n) is 5.52. The molecule has 0 bridgehead atoms. The van der Waals surface area contributed by atoms with Gasteiger partial charge in [-0.25, -0.2) is 4.68 Å². The molecule has 1 amide bonds. The summed E-state index contributed by atoms with van der Waals surface area (Å²) < 4.78 is 1.88. The molecule has 0 radical (unpaired) electrons. The van der Waals surface area contributed by atoms with Crippen LogP contribution in [0.5, 0.6) is 0 Å². The summed E-state index contributed by atoms with van der Waals surface area (Å²) in [6, 6.07) is 16.4. The lowest BCUT2D eigenvalue weighted by Gasteiger charge is -2.24. The quantitative estimate of drug-likeness (QED) is 0.610. The number of rotatable bonds is 8. The Morgan fingerprint density at radius 3 is 2.43 bits per heavy atom. The first-order valence-corrected chi connectivity index (χ1v) is 10.6. The van der Waals surface area contributed by atoms with Crippen LogP contribution in [-0.4, -0.2) is 43.6 Å². The number of tetrazole rings is 1. The Balaban J connectivity index is 1.39. The highest BCUT2D eigenvalue weighted by Crippen LogP contribution is 2.36. The summed E-state index contributed by atoms with van der Waals surface area (Å²) in [5.41, 5.74) is 3.54. The number of amides is 1. The average molecular weight is 405 g/mol. The van der Waals surface area contributed by atoms with Gasteiger partial charge in [0.15, 0.2) is 5.82 Å². The number of hydrogen-bond donors (Lipinski definition) is 1. The Labute approximate surface area is 177 Å². The minimum absolute atomic E-state index is 0.117. The standard InChI is InChI=1S/C23H28N6O/c1-4-28(16(2)3)15-17-5-7-19(8-6-17)23(30)24-20-11-9-18(10-12-20)22-25-26-27-29(22)21-13-14-21/h5-12,16,21H,4,13-15H2,1-3H3,(H,24,30). The van der Waals surface area contributed by atoms with E-state index in [2.05, 4.69) is 46.5 Å². The molecule has 0 saturated heterocycles. The Morgan fingerprint density at radius 2 is 1.83 bits per heavy atom. The van der Waals surface area contributed by atoms with Gasteiger partial charge in [-0.2, -0.15) is 0 Å². The Kier molecular flexibility index (Phi) is 5.90. The second-order valence-corrected chi connectivity index (χ2v) is 8.06. The molecule has 7 heteroatoms. The molecule has 1 aliphatic carbocycles. The van der Waals surface area contributed by atoms with E-state index in [-0.39, 0.29) is 5.91 Å². The van der Waals surface area contributed by atoms with Crippen molar-refractivity contribution in [2.45, 2.75) is 52.2 Å². The van der Waals surface area contributed by atoms with E-state index in [4.69, 9.17) is 0 Å². The average Bonchev–Trinajstić information content (AvgIpc) is 3.49. The number of nitrogens with one attached hydrogen (secondary N) is 1. The molecule has 1 aliphatic rings. The van der Waals surface area contributed by atoms with Gasteiger partial charge in [0.05, 0.1) is 6.04 Å². The van der Waals surface area contributed by atoms with E-state index in [0.29, 0.717) is 17.6 Å². The minimum atomic E-state index is -0.117. The van der Waals surface area contributed by atoms with Gasteiger partial charge in [-0.1, -0.05) is 19.1 Å². The third kappa shape index (κ3) is 4.57. The first-order valence-electron chi connectivity index (χ1n) is 10.6. The highest BCUT2D eigenvalue weighted by atomic mass is 16.1. The van der Waals surface area contributed by atoms with Crippen molar-refractivity contribution in [1.29, 1.82) is 0 Å². The van der Waals surface area contributed by atoms with Crippen LogP contribution in [0.2, 0.25) is 0 Å². The van der Waals surface area contributed by atoms with E-state index in [1.165, 1.54) is 5.56 Å². The lowest BCUT2D eigenvalue weighted by atomic mass is 10.1. The van der Waals surface area contributed by atoms with Crippen LogP contribution >= 0.6 is 0 Å². The van der Waals surface area contributed by atoms with Crippen molar-refractivity contribution >= 4 is 11.6 Å². The van der Waals surface area contributed by atoms with Crippen LogP contribution in [0.3, 0.4) is 0 Å². The van der Waals surface area contributed by atoms with Crippen molar-refractivity contribution in [1.82, 2.24) is 25.1 Å². The summed E-state index contributed by atoms with van der Waals surface area (Å²) in [7, 11) is 0. The number of benzene rings is 2. The molecule has 0 spiro atoms. The Hall–Kier alpha value is -3.06. The first-order chi connectivity index (χ1) is 14.5. The van der Waals surface area contributed by atoms with Crippen LogP contribution in [0.4, 0.5) is 5.69 Å². The molecule has 7 nitrogen and oxygen atoms in total. The highest BCUT2D eigenvalue weighted by Gasteiger charge is 2.28. The smallest absolute Gasteiger partial charge is 0.255 e. The van der Waals surface area contributed by atoms with E-state index in [9.17, 15) is 4.79 Å². The molecule has 0 unspecified atom stereocenters. The number of aromatic nitrogens is 4. The lowest BCUT2D eigenvalue weighted by Crippen LogP contribution is -2.29. The summed E-state index contributed by atoms with van der Waals surface area (Å²) in [6.07, 6.45) is 2.25. The van der Waals surface area contributed by atoms with E-state index < -0.39 is 0 Å². The maximum Gasteiger partial charge on any atom is 0.255 e. The first kappa shape index (κ1) is 20.2. The zero-order chi connectivity index (χ0) is 21.1.